The Labute approximate surface area is 118 Å². The van der Waals surface area contributed by atoms with E-state index >= 15 is 0 Å². The van der Waals surface area contributed by atoms with Crippen LogP contribution in [0, 0.1) is 5.41 Å². The van der Waals surface area contributed by atoms with Gasteiger partial charge in [0, 0.05) is 13.1 Å². The molecule has 1 unspecified atom stereocenters. The van der Waals surface area contributed by atoms with Gasteiger partial charge >= 0.3 is 0 Å². The van der Waals surface area contributed by atoms with Crippen molar-refractivity contribution in [1.82, 2.24) is 10.2 Å². The van der Waals surface area contributed by atoms with E-state index in [9.17, 15) is 9.59 Å². The number of hydrogen-bond acceptors (Lipinski definition) is 4. The first kappa shape index (κ1) is 14.6. The molecule has 0 aromatic carbocycles. The molecule has 1 aliphatic heterocycles. The molecule has 112 valence electrons. The fourth-order valence-corrected chi connectivity index (χ4v) is 3.17. The van der Waals surface area contributed by atoms with Crippen LogP contribution in [0.1, 0.15) is 39.0 Å². The summed E-state index contributed by atoms with van der Waals surface area (Å²) in [5.74, 6) is -0.370. The summed E-state index contributed by atoms with van der Waals surface area (Å²) in [6.07, 6.45) is 3.94. The molecule has 1 heterocycles. The second-order valence-electron chi connectivity index (χ2n) is 5.59. The Kier molecular flexibility index (Phi) is 4.15. The molecule has 0 aromatic rings. The lowest BCUT2D eigenvalue weighted by atomic mass is 9.71. The highest BCUT2D eigenvalue weighted by atomic mass is 16.4. The van der Waals surface area contributed by atoms with Crippen LogP contribution in [-0.4, -0.2) is 46.9 Å². The number of piperazine rings is 1. The molecule has 1 atom stereocenters. The monoisotopic (exact) mass is 282 g/mol. The summed E-state index contributed by atoms with van der Waals surface area (Å²) in [5, 5.41) is 14.9. The molecule has 1 aliphatic carbocycles. The van der Waals surface area contributed by atoms with Crippen LogP contribution in [0.25, 0.3) is 0 Å². The number of rotatable bonds is 2. The minimum atomic E-state index is -0.946. The summed E-state index contributed by atoms with van der Waals surface area (Å²) in [6, 6.07) is -0.512. The standard InChI is InChI=1S/C13H22N4O3/c1-9-10(18)15-7-8-17(9)12(19)13(11(14)16-20)5-3-2-4-6-13/h9,20H,2-8H2,1H3,(H2,14,16)(H,15,18). The maximum absolute atomic E-state index is 12.9. The second-order valence-corrected chi connectivity index (χ2v) is 5.59. The maximum atomic E-state index is 12.9. The van der Waals surface area contributed by atoms with Crippen molar-refractivity contribution in [3.8, 4) is 0 Å². The van der Waals surface area contributed by atoms with Gasteiger partial charge in [-0.15, -0.1) is 0 Å². The van der Waals surface area contributed by atoms with E-state index in [0.717, 1.165) is 19.3 Å². The fraction of sp³-hybridized carbons (Fsp3) is 0.769. The molecule has 20 heavy (non-hydrogen) atoms. The maximum Gasteiger partial charge on any atom is 0.242 e. The van der Waals surface area contributed by atoms with Crippen LogP contribution in [0.5, 0.6) is 0 Å². The number of nitrogens with one attached hydrogen (secondary N) is 1. The van der Waals surface area contributed by atoms with Gasteiger partial charge in [0.25, 0.3) is 0 Å². The van der Waals surface area contributed by atoms with Gasteiger partial charge in [-0.2, -0.15) is 0 Å². The average Bonchev–Trinajstić information content (AvgIpc) is 2.49. The fourth-order valence-electron chi connectivity index (χ4n) is 3.17. The zero-order chi connectivity index (χ0) is 14.8. The summed E-state index contributed by atoms with van der Waals surface area (Å²) in [6.45, 7) is 2.61. The van der Waals surface area contributed by atoms with Crippen molar-refractivity contribution in [3.63, 3.8) is 0 Å². The Hall–Kier alpha value is -1.79. The minimum Gasteiger partial charge on any atom is -0.409 e. The molecule has 7 heteroatoms. The molecule has 0 bridgehead atoms. The van der Waals surface area contributed by atoms with Crippen LogP contribution >= 0.6 is 0 Å². The predicted octanol–water partition coefficient (Wildman–Crippen LogP) is 0.0302. The lowest BCUT2D eigenvalue weighted by Crippen LogP contribution is -2.61. The molecule has 2 amide bonds. The number of amidine groups is 1. The van der Waals surface area contributed by atoms with Gasteiger partial charge < -0.3 is 21.2 Å². The molecule has 0 aromatic heterocycles. The highest BCUT2D eigenvalue weighted by Gasteiger charge is 2.48. The molecule has 1 saturated heterocycles. The Morgan fingerprint density at radius 1 is 1.45 bits per heavy atom. The van der Waals surface area contributed by atoms with E-state index in [4.69, 9.17) is 10.9 Å². The molecular formula is C13H22N4O3. The molecule has 7 nitrogen and oxygen atoms in total. The van der Waals surface area contributed by atoms with Gasteiger partial charge in [0.2, 0.25) is 11.8 Å². The molecular weight excluding hydrogens is 260 g/mol. The van der Waals surface area contributed by atoms with Crippen LogP contribution in [0.15, 0.2) is 5.16 Å². The summed E-state index contributed by atoms with van der Waals surface area (Å²) >= 11 is 0. The van der Waals surface area contributed by atoms with Crippen molar-refractivity contribution in [2.45, 2.75) is 45.1 Å². The number of carbonyl (C=O) groups excluding carboxylic acids is 2. The highest BCUT2D eigenvalue weighted by Crippen LogP contribution is 2.39. The average molecular weight is 282 g/mol. The van der Waals surface area contributed by atoms with Crippen LogP contribution in [0.2, 0.25) is 0 Å². The van der Waals surface area contributed by atoms with Crippen molar-refractivity contribution in [1.29, 1.82) is 0 Å². The first-order valence-corrected chi connectivity index (χ1v) is 7.10. The Morgan fingerprint density at radius 2 is 2.10 bits per heavy atom. The number of hydrogen-bond donors (Lipinski definition) is 3. The topological polar surface area (TPSA) is 108 Å². The van der Waals surface area contributed by atoms with Crippen molar-refractivity contribution in [2.24, 2.45) is 16.3 Å². The number of oxime groups is 1. The van der Waals surface area contributed by atoms with Crippen molar-refractivity contribution < 1.29 is 14.8 Å². The molecule has 2 aliphatic rings. The molecule has 0 radical (unpaired) electrons. The van der Waals surface area contributed by atoms with Crippen LogP contribution in [0.3, 0.4) is 0 Å². The molecule has 4 N–H and O–H groups in total. The Bertz CT molecular complexity index is 429. The first-order valence-electron chi connectivity index (χ1n) is 7.10. The van der Waals surface area contributed by atoms with Crippen molar-refractivity contribution in [3.05, 3.63) is 0 Å². The summed E-state index contributed by atoms with van der Waals surface area (Å²) in [5.41, 5.74) is 4.88. The highest BCUT2D eigenvalue weighted by molar-refractivity contribution is 6.08. The minimum absolute atomic E-state index is 0.0274. The lowest BCUT2D eigenvalue weighted by Gasteiger charge is -2.42. The summed E-state index contributed by atoms with van der Waals surface area (Å²) in [7, 11) is 0. The van der Waals surface area contributed by atoms with E-state index in [1.165, 1.54) is 0 Å². The number of amides is 2. The molecule has 0 spiro atoms. The smallest absolute Gasteiger partial charge is 0.242 e. The summed E-state index contributed by atoms with van der Waals surface area (Å²) < 4.78 is 0. The predicted molar refractivity (Wildman–Crippen MR) is 73.1 cm³/mol. The van der Waals surface area contributed by atoms with Gasteiger partial charge in [-0.05, 0) is 19.8 Å². The zero-order valence-electron chi connectivity index (χ0n) is 11.8. The van der Waals surface area contributed by atoms with Crippen molar-refractivity contribution in [2.75, 3.05) is 13.1 Å². The van der Waals surface area contributed by atoms with Crippen LogP contribution < -0.4 is 11.1 Å². The van der Waals surface area contributed by atoms with Gasteiger partial charge in [0.15, 0.2) is 5.84 Å². The van der Waals surface area contributed by atoms with Gasteiger partial charge in [-0.1, -0.05) is 24.4 Å². The van der Waals surface area contributed by atoms with Gasteiger partial charge in [0.1, 0.15) is 11.5 Å². The third-order valence-electron chi connectivity index (χ3n) is 4.47. The number of nitrogens with two attached hydrogens (primary N) is 1. The largest absolute Gasteiger partial charge is 0.409 e. The van der Waals surface area contributed by atoms with E-state index in [2.05, 4.69) is 10.5 Å². The van der Waals surface area contributed by atoms with E-state index in [1.807, 2.05) is 0 Å². The SMILES string of the molecule is CC1C(=O)NCCN1C(=O)C1(C(N)=NO)CCCCC1. The third kappa shape index (κ3) is 2.32. The summed E-state index contributed by atoms with van der Waals surface area (Å²) in [4.78, 5) is 26.2. The van der Waals surface area contributed by atoms with E-state index in [-0.39, 0.29) is 17.6 Å². The zero-order valence-corrected chi connectivity index (χ0v) is 11.8. The van der Waals surface area contributed by atoms with Gasteiger partial charge in [0.05, 0.1) is 0 Å². The lowest BCUT2D eigenvalue weighted by molar-refractivity contribution is -0.148. The Balaban J connectivity index is 2.29. The molecule has 2 fully saturated rings. The van der Waals surface area contributed by atoms with E-state index < -0.39 is 11.5 Å². The molecule has 2 rings (SSSR count). The normalized spacial score (nSPS) is 27.1. The second kappa shape index (κ2) is 5.68. The Morgan fingerprint density at radius 3 is 2.70 bits per heavy atom. The molecule has 1 saturated carbocycles. The van der Waals surface area contributed by atoms with Crippen LogP contribution in [0.4, 0.5) is 0 Å². The number of nitrogens with zero attached hydrogens (tertiary/aromatic N) is 2. The number of carbonyl (C=O) groups is 2. The third-order valence-corrected chi connectivity index (χ3v) is 4.47. The first-order chi connectivity index (χ1) is 9.53. The quantitative estimate of drug-likeness (QED) is 0.287. The van der Waals surface area contributed by atoms with Crippen LogP contribution in [-0.2, 0) is 9.59 Å². The van der Waals surface area contributed by atoms with Gasteiger partial charge in [-0.3, -0.25) is 9.59 Å². The van der Waals surface area contributed by atoms with Gasteiger partial charge in [-0.25, -0.2) is 0 Å². The van der Waals surface area contributed by atoms with Crippen molar-refractivity contribution >= 4 is 17.6 Å². The van der Waals surface area contributed by atoms with E-state index in [0.29, 0.717) is 25.9 Å². The van der Waals surface area contributed by atoms with E-state index in [1.54, 1.807) is 11.8 Å².